The van der Waals surface area contributed by atoms with Gasteiger partial charge in [-0.05, 0) is 60.7 Å². The lowest BCUT2D eigenvalue weighted by molar-refractivity contribution is -0.126. The highest BCUT2D eigenvalue weighted by atomic mass is 32.1. The quantitative estimate of drug-likeness (QED) is 0.202. The van der Waals surface area contributed by atoms with Crippen molar-refractivity contribution in [1.29, 1.82) is 5.26 Å². The van der Waals surface area contributed by atoms with Crippen LogP contribution in [0.25, 0.3) is 21.1 Å². The second-order valence-corrected chi connectivity index (χ2v) is 12.5. The van der Waals surface area contributed by atoms with Gasteiger partial charge in [0.25, 0.3) is 0 Å². The molecule has 7 nitrogen and oxygen atoms in total. The first-order valence-corrected chi connectivity index (χ1v) is 15.2. The standard InChI is InChI=1S/C32H32F3N7S/c1-20(22-4-3-9-37-16-22)17-42-25(15-36)12-27-21(2)23(5-6-29(27)42)18-41-10-7-24(8-11-41)40-30-28-13-26(14-32(33,34)35)43-31(28)39-19-38-30/h3-6,9,12-13,16,19-20,24H,7-8,10-11,14,17-18H2,1-2H3,(H,38,39,40). The third-order valence-corrected chi connectivity index (χ3v) is 9.41. The Labute approximate surface area is 252 Å². The number of nitrogens with one attached hydrogen (secondary N) is 1. The average Bonchev–Trinajstić information content (AvgIpc) is 3.56. The van der Waals surface area contributed by atoms with E-state index < -0.39 is 12.6 Å². The summed E-state index contributed by atoms with van der Waals surface area (Å²) in [6, 6.07) is 14.5. The zero-order valence-corrected chi connectivity index (χ0v) is 24.8. The first-order chi connectivity index (χ1) is 20.7. The highest BCUT2D eigenvalue weighted by molar-refractivity contribution is 7.18. The molecule has 0 radical (unpaired) electrons. The lowest BCUT2D eigenvalue weighted by Crippen LogP contribution is -2.39. The molecule has 1 atom stereocenters. The number of alkyl halides is 3. The van der Waals surface area contributed by atoms with E-state index in [0.717, 1.165) is 60.3 Å². The van der Waals surface area contributed by atoms with Gasteiger partial charge in [-0.1, -0.05) is 19.1 Å². The van der Waals surface area contributed by atoms with Gasteiger partial charge in [0.2, 0.25) is 0 Å². The van der Waals surface area contributed by atoms with Crippen LogP contribution < -0.4 is 5.32 Å². The Morgan fingerprint density at radius 2 is 1.95 bits per heavy atom. The van der Waals surface area contributed by atoms with Gasteiger partial charge in [0.15, 0.2) is 0 Å². The van der Waals surface area contributed by atoms with E-state index in [1.807, 2.05) is 18.3 Å². The van der Waals surface area contributed by atoms with E-state index in [4.69, 9.17) is 0 Å². The Hall–Kier alpha value is -4.01. The van der Waals surface area contributed by atoms with Crippen molar-refractivity contribution >= 4 is 38.3 Å². The normalized spacial score (nSPS) is 15.6. The van der Waals surface area contributed by atoms with Crippen LogP contribution in [-0.4, -0.2) is 49.7 Å². The first-order valence-electron chi connectivity index (χ1n) is 14.4. The maximum Gasteiger partial charge on any atom is 0.393 e. The van der Waals surface area contributed by atoms with Crippen LogP contribution in [0.3, 0.4) is 0 Å². The maximum atomic E-state index is 12.9. The fourth-order valence-electron chi connectivity index (χ4n) is 6.00. The van der Waals surface area contributed by atoms with E-state index >= 15 is 0 Å². The number of thiophene rings is 1. The molecule has 0 aliphatic carbocycles. The molecule has 11 heteroatoms. The number of fused-ring (bicyclic) bond motifs is 2. The predicted octanol–water partition coefficient (Wildman–Crippen LogP) is 7.21. The van der Waals surface area contributed by atoms with E-state index in [1.165, 1.54) is 17.5 Å². The molecule has 5 aromatic rings. The molecule has 1 aliphatic heterocycles. The number of aryl methyl sites for hydroxylation is 1. The summed E-state index contributed by atoms with van der Waals surface area (Å²) in [5.74, 6) is 0.816. The van der Waals surface area contributed by atoms with Crippen LogP contribution in [0.4, 0.5) is 19.0 Å². The monoisotopic (exact) mass is 603 g/mol. The molecule has 1 saturated heterocycles. The van der Waals surface area contributed by atoms with Gasteiger partial charge in [-0.3, -0.25) is 9.88 Å². The number of hydrogen-bond acceptors (Lipinski definition) is 7. The third kappa shape index (κ3) is 6.36. The summed E-state index contributed by atoms with van der Waals surface area (Å²) in [5.41, 5.74) is 5.31. The lowest BCUT2D eigenvalue weighted by atomic mass is 10.0. The van der Waals surface area contributed by atoms with Crippen molar-refractivity contribution in [3.8, 4) is 6.07 Å². The number of halogens is 3. The molecular formula is C32H32F3N7S. The molecule has 1 unspecified atom stereocenters. The number of nitrogens with zero attached hydrogens (tertiary/aromatic N) is 6. The van der Waals surface area contributed by atoms with Crippen LogP contribution in [-0.2, 0) is 19.5 Å². The van der Waals surface area contributed by atoms with E-state index in [-0.39, 0.29) is 16.8 Å². The van der Waals surface area contributed by atoms with Crippen molar-refractivity contribution in [3.05, 3.63) is 82.4 Å². The SMILES string of the molecule is Cc1c(CN2CCC(Nc3ncnc4sc(CC(F)(F)F)cc34)CC2)ccc2c1cc(C#N)n2CC(C)c1cccnc1. The van der Waals surface area contributed by atoms with Gasteiger partial charge < -0.3 is 9.88 Å². The van der Waals surface area contributed by atoms with E-state index in [0.29, 0.717) is 28.3 Å². The third-order valence-electron chi connectivity index (χ3n) is 8.37. The fourth-order valence-corrected chi connectivity index (χ4v) is 7.03. The van der Waals surface area contributed by atoms with Crippen molar-refractivity contribution in [3.63, 3.8) is 0 Å². The number of likely N-dealkylation sites (tertiary alicyclic amines) is 1. The second kappa shape index (κ2) is 11.9. The number of anilines is 1. The van der Waals surface area contributed by atoms with Gasteiger partial charge in [0.1, 0.15) is 28.7 Å². The Morgan fingerprint density at radius 3 is 2.67 bits per heavy atom. The van der Waals surface area contributed by atoms with E-state index in [1.54, 1.807) is 12.3 Å². The maximum absolute atomic E-state index is 12.9. The average molecular weight is 604 g/mol. The van der Waals surface area contributed by atoms with Gasteiger partial charge in [-0.2, -0.15) is 18.4 Å². The molecule has 222 valence electrons. The number of aromatic nitrogens is 4. The van der Waals surface area contributed by atoms with Crippen LogP contribution in [0.1, 0.15) is 52.9 Å². The highest BCUT2D eigenvalue weighted by Gasteiger charge is 2.29. The summed E-state index contributed by atoms with van der Waals surface area (Å²) in [5, 5.41) is 15.1. The molecule has 1 fully saturated rings. The summed E-state index contributed by atoms with van der Waals surface area (Å²) in [7, 11) is 0. The van der Waals surface area contributed by atoms with Crippen LogP contribution in [0.2, 0.25) is 0 Å². The predicted molar refractivity (Wildman–Crippen MR) is 163 cm³/mol. The van der Waals surface area contributed by atoms with Gasteiger partial charge >= 0.3 is 6.18 Å². The Morgan fingerprint density at radius 1 is 1.14 bits per heavy atom. The molecular weight excluding hydrogens is 571 g/mol. The van der Waals surface area contributed by atoms with E-state index in [2.05, 4.69) is 67.9 Å². The molecule has 5 heterocycles. The van der Waals surface area contributed by atoms with Crippen LogP contribution in [0.5, 0.6) is 0 Å². The molecule has 4 aromatic heterocycles. The Bertz CT molecular complexity index is 1780. The zero-order chi connectivity index (χ0) is 30.1. The number of rotatable bonds is 8. The minimum atomic E-state index is -4.25. The number of nitriles is 1. The highest BCUT2D eigenvalue weighted by Crippen LogP contribution is 2.34. The molecule has 0 saturated carbocycles. The van der Waals surface area contributed by atoms with Crippen molar-refractivity contribution in [2.75, 3.05) is 18.4 Å². The number of pyridine rings is 1. The van der Waals surface area contributed by atoms with Crippen molar-refractivity contribution in [1.82, 2.24) is 24.4 Å². The minimum Gasteiger partial charge on any atom is -0.367 e. The van der Waals surface area contributed by atoms with Crippen LogP contribution >= 0.6 is 11.3 Å². The van der Waals surface area contributed by atoms with Crippen molar-refractivity contribution in [2.24, 2.45) is 0 Å². The molecule has 6 rings (SSSR count). The number of piperidine rings is 1. The first kappa shape index (κ1) is 29.1. The van der Waals surface area contributed by atoms with E-state index in [9.17, 15) is 18.4 Å². The second-order valence-electron chi connectivity index (χ2n) is 11.4. The molecule has 0 bridgehead atoms. The van der Waals surface area contributed by atoms with Gasteiger partial charge in [-0.15, -0.1) is 11.3 Å². The number of benzene rings is 1. The Balaban J connectivity index is 1.12. The molecule has 1 N–H and O–H groups in total. The number of hydrogen-bond donors (Lipinski definition) is 1. The minimum absolute atomic E-state index is 0.179. The largest absolute Gasteiger partial charge is 0.393 e. The summed E-state index contributed by atoms with van der Waals surface area (Å²) in [6.45, 7) is 7.58. The van der Waals surface area contributed by atoms with Gasteiger partial charge in [-0.25, -0.2) is 9.97 Å². The van der Waals surface area contributed by atoms with Crippen LogP contribution in [0, 0.1) is 18.3 Å². The molecule has 1 aliphatic rings. The molecule has 0 amide bonds. The van der Waals surface area contributed by atoms with Crippen LogP contribution in [0.15, 0.2) is 55.1 Å². The summed E-state index contributed by atoms with van der Waals surface area (Å²) in [4.78, 5) is 16.0. The topological polar surface area (TPSA) is 82.7 Å². The lowest BCUT2D eigenvalue weighted by Gasteiger charge is -2.33. The molecule has 43 heavy (non-hydrogen) atoms. The summed E-state index contributed by atoms with van der Waals surface area (Å²) in [6.07, 6.45) is 1.65. The zero-order valence-electron chi connectivity index (χ0n) is 24.0. The molecule has 1 aromatic carbocycles. The van der Waals surface area contributed by atoms with Gasteiger partial charge in [0, 0.05) is 66.3 Å². The van der Waals surface area contributed by atoms with Gasteiger partial charge in [0.05, 0.1) is 11.8 Å². The summed E-state index contributed by atoms with van der Waals surface area (Å²) < 4.78 is 40.8. The Kier molecular flexibility index (Phi) is 8.07. The van der Waals surface area contributed by atoms with Crippen molar-refractivity contribution in [2.45, 2.75) is 64.3 Å². The molecule has 0 spiro atoms. The summed E-state index contributed by atoms with van der Waals surface area (Å²) >= 11 is 1.07. The fraction of sp³-hybridized carbons (Fsp3) is 0.375. The van der Waals surface area contributed by atoms with Crippen molar-refractivity contribution < 1.29 is 13.2 Å². The smallest absolute Gasteiger partial charge is 0.367 e.